The molecule has 168 valence electrons. The molecule has 8 heteroatoms. The number of nitriles is 1. The van der Waals surface area contributed by atoms with Gasteiger partial charge in [0.2, 0.25) is 0 Å². The minimum absolute atomic E-state index is 0.187. The zero-order valence-electron chi connectivity index (χ0n) is 18.0. The summed E-state index contributed by atoms with van der Waals surface area (Å²) in [6.07, 6.45) is 1.66. The van der Waals surface area contributed by atoms with Gasteiger partial charge in [0.25, 0.3) is 11.5 Å². The van der Waals surface area contributed by atoms with Crippen LogP contribution in [0.3, 0.4) is 0 Å². The first-order chi connectivity index (χ1) is 16.5. The molecule has 0 spiro atoms. The molecule has 0 saturated carbocycles. The smallest absolute Gasteiger partial charge is 0.273 e. The maximum atomic E-state index is 13.4. The molecule has 0 radical (unpaired) electrons. The molecule has 4 rings (SSSR count). The molecule has 1 N–H and O–H groups in total. The molecule has 4 aromatic rings. The third-order valence-corrected chi connectivity index (χ3v) is 6.35. The van der Waals surface area contributed by atoms with Gasteiger partial charge in [0.05, 0.1) is 17.3 Å². The minimum Gasteiger partial charge on any atom is -0.497 e. The molecular weight excluding hydrogens is 470 g/mol. The van der Waals surface area contributed by atoms with Crippen LogP contribution in [0.2, 0.25) is 5.02 Å². The number of amides is 1. The number of nitrogens with one attached hydrogen (secondary N) is 1. The molecule has 0 unspecified atom stereocenters. The summed E-state index contributed by atoms with van der Waals surface area (Å²) in [5.74, 6) is -0.0729. The molecule has 0 aliphatic heterocycles. The molecule has 0 saturated heterocycles. The number of rotatable bonds is 5. The highest BCUT2D eigenvalue weighted by Crippen LogP contribution is 2.18. The van der Waals surface area contributed by atoms with E-state index >= 15 is 0 Å². The van der Waals surface area contributed by atoms with Crippen LogP contribution in [0.25, 0.3) is 17.3 Å². The van der Waals surface area contributed by atoms with Crippen LogP contribution in [0.1, 0.15) is 5.56 Å². The molecule has 1 amide bonds. The van der Waals surface area contributed by atoms with Crippen LogP contribution in [0.15, 0.2) is 83.7 Å². The van der Waals surface area contributed by atoms with Crippen molar-refractivity contribution in [2.75, 3.05) is 12.4 Å². The Morgan fingerprint density at radius 1 is 1.09 bits per heavy atom. The molecule has 6 nitrogen and oxygen atoms in total. The molecule has 3 aromatic carbocycles. The lowest BCUT2D eigenvalue weighted by atomic mass is 10.2. The first-order valence-electron chi connectivity index (χ1n) is 10.1. The topological polar surface area (TPSA) is 84.1 Å². The van der Waals surface area contributed by atoms with E-state index in [-0.39, 0.29) is 15.8 Å². The van der Waals surface area contributed by atoms with Crippen LogP contribution in [0, 0.1) is 11.3 Å². The normalized spacial score (nSPS) is 12.1. The third-order valence-electron chi connectivity index (χ3n) is 4.91. The van der Waals surface area contributed by atoms with Gasteiger partial charge in [-0.2, -0.15) is 5.26 Å². The van der Waals surface area contributed by atoms with Crippen molar-refractivity contribution < 1.29 is 9.53 Å². The summed E-state index contributed by atoms with van der Waals surface area (Å²) in [5, 5.41) is 13.1. The standard InChI is InChI=1S/C26H18ClN3O3S/c1-33-20-12-7-9-18(15-20)29-24(31)21(16-28)26-30(19-10-3-2-4-11-19)25(32)23(34-26)14-17-8-5-6-13-22(17)27/h2-15H,1H3,(H,29,31)/b23-14+,26-21-. The lowest BCUT2D eigenvalue weighted by Gasteiger charge is -2.07. The van der Waals surface area contributed by atoms with Crippen LogP contribution in [0.5, 0.6) is 5.75 Å². The van der Waals surface area contributed by atoms with Gasteiger partial charge in [-0.05, 0) is 42.0 Å². The Balaban J connectivity index is 1.94. The molecule has 0 bridgehead atoms. The summed E-state index contributed by atoms with van der Waals surface area (Å²) >= 11 is 7.33. The van der Waals surface area contributed by atoms with Crippen molar-refractivity contribution in [3.63, 3.8) is 0 Å². The van der Waals surface area contributed by atoms with Crippen molar-refractivity contribution >= 4 is 46.2 Å². The fraction of sp³-hybridized carbons (Fsp3) is 0.0385. The highest BCUT2D eigenvalue weighted by atomic mass is 35.5. The van der Waals surface area contributed by atoms with Crippen molar-refractivity contribution in [2.45, 2.75) is 0 Å². The molecule has 0 fully saturated rings. The quantitative estimate of drug-likeness (QED) is 0.465. The largest absolute Gasteiger partial charge is 0.497 e. The average Bonchev–Trinajstić information content (AvgIpc) is 3.17. The fourth-order valence-electron chi connectivity index (χ4n) is 3.29. The SMILES string of the molecule is COc1cccc(NC(=O)/C(C#N)=c2\s/c(=C/c3ccccc3Cl)c(=O)n2-c2ccccc2)c1. The van der Waals surface area contributed by atoms with Crippen LogP contribution in [0.4, 0.5) is 5.69 Å². The van der Waals surface area contributed by atoms with E-state index in [0.29, 0.717) is 32.2 Å². The number of aromatic nitrogens is 1. The Morgan fingerprint density at radius 3 is 2.53 bits per heavy atom. The monoisotopic (exact) mass is 487 g/mol. The summed E-state index contributed by atoms with van der Waals surface area (Å²) in [4.78, 5) is 26.5. The third kappa shape index (κ3) is 4.79. The summed E-state index contributed by atoms with van der Waals surface area (Å²) in [7, 11) is 1.52. The van der Waals surface area contributed by atoms with Gasteiger partial charge in [-0.3, -0.25) is 14.2 Å². The van der Waals surface area contributed by atoms with Gasteiger partial charge in [-0.1, -0.05) is 54.1 Å². The Morgan fingerprint density at radius 2 is 1.82 bits per heavy atom. The number of para-hydroxylation sites is 1. The number of thiazole rings is 1. The van der Waals surface area contributed by atoms with E-state index < -0.39 is 5.91 Å². The van der Waals surface area contributed by atoms with E-state index in [9.17, 15) is 14.9 Å². The Kier molecular flexibility index (Phi) is 6.93. The molecule has 0 aliphatic carbocycles. The number of benzene rings is 3. The number of carbonyl (C=O) groups excluding carboxylic acids is 1. The molecular formula is C26H18ClN3O3S. The van der Waals surface area contributed by atoms with Gasteiger partial charge in [-0.15, -0.1) is 11.3 Å². The fourth-order valence-corrected chi connectivity index (χ4v) is 4.57. The number of carbonyl (C=O) groups is 1. The van der Waals surface area contributed by atoms with Crippen LogP contribution < -0.4 is 24.8 Å². The predicted molar refractivity (Wildman–Crippen MR) is 135 cm³/mol. The van der Waals surface area contributed by atoms with Crippen LogP contribution in [-0.2, 0) is 4.79 Å². The number of methoxy groups -OCH3 is 1. The first-order valence-corrected chi connectivity index (χ1v) is 11.3. The number of ether oxygens (including phenoxy) is 1. The van der Waals surface area contributed by atoms with Crippen molar-refractivity contribution in [3.8, 4) is 17.5 Å². The highest BCUT2D eigenvalue weighted by Gasteiger charge is 2.17. The van der Waals surface area contributed by atoms with Gasteiger partial charge in [0, 0.05) is 16.8 Å². The van der Waals surface area contributed by atoms with Crippen molar-refractivity contribution in [1.82, 2.24) is 4.57 Å². The molecule has 0 atom stereocenters. The second kappa shape index (κ2) is 10.2. The summed E-state index contributed by atoms with van der Waals surface area (Å²) in [6.45, 7) is 0. The highest BCUT2D eigenvalue weighted by molar-refractivity contribution is 7.07. The number of nitrogens with zero attached hydrogens (tertiary/aromatic N) is 2. The zero-order chi connectivity index (χ0) is 24.1. The lowest BCUT2D eigenvalue weighted by molar-refractivity contribution is -0.111. The van der Waals surface area contributed by atoms with Gasteiger partial charge in [0.15, 0.2) is 5.57 Å². The molecule has 34 heavy (non-hydrogen) atoms. The minimum atomic E-state index is -0.633. The molecule has 1 aromatic heterocycles. The van der Waals surface area contributed by atoms with E-state index in [2.05, 4.69) is 5.32 Å². The number of hydrogen-bond donors (Lipinski definition) is 1. The van der Waals surface area contributed by atoms with Crippen molar-refractivity contribution in [3.05, 3.63) is 109 Å². The number of hydrogen-bond acceptors (Lipinski definition) is 5. The van der Waals surface area contributed by atoms with Gasteiger partial charge in [0.1, 0.15) is 16.5 Å². The maximum Gasteiger partial charge on any atom is 0.273 e. The van der Waals surface area contributed by atoms with Gasteiger partial charge in [-0.25, -0.2) is 0 Å². The van der Waals surface area contributed by atoms with E-state index in [1.807, 2.05) is 18.2 Å². The lowest BCUT2D eigenvalue weighted by Crippen LogP contribution is -2.32. The maximum absolute atomic E-state index is 13.4. The van der Waals surface area contributed by atoms with E-state index in [1.165, 1.54) is 11.7 Å². The van der Waals surface area contributed by atoms with Crippen LogP contribution in [-0.4, -0.2) is 17.6 Å². The molecule has 0 aliphatic rings. The van der Waals surface area contributed by atoms with E-state index in [4.69, 9.17) is 16.3 Å². The average molecular weight is 488 g/mol. The van der Waals surface area contributed by atoms with Gasteiger partial charge < -0.3 is 10.1 Å². The van der Waals surface area contributed by atoms with Crippen molar-refractivity contribution in [1.29, 1.82) is 5.26 Å². The zero-order valence-corrected chi connectivity index (χ0v) is 19.6. The number of halogens is 1. The van der Waals surface area contributed by atoms with Crippen LogP contribution >= 0.6 is 22.9 Å². The first kappa shape index (κ1) is 23.1. The second-order valence-corrected chi connectivity index (χ2v) is 8.52. The second-order valence-electron chi connectivity index (χ2n) is 7.09. The summed E-state index contributed by atoms with van der Waals surface area (Å²) in [6, 6.07) is 24.8. The Hall–Kier alpha value is -4.12. The predicted octanol–water partition coefficient (Wildman–Crippen LogP) is 3.70. The Bertz CT molecular complexity index is 1580. The summed E-state index contributed by atoms with van der Waals surface area (Å²) < 4.78 is 7.12. The number of anilines is 1. The van der Waals surface area contributed by atoms with Gasteiger partial charge >= 0.3 is 0 Å². The summed E-state index contributed by atoms with van der Waals surface area (Å²) in [5.41, 5.74) is 1.12. The van der Waals surface area contributed by atoms with Crippen molar-refractivity contribution in [2.24, 2.45) is 0 Å². The Labute approximate surface area is 204 Å². The van der Waals surface area contributed by atoms with E-state index in [0.717, 1.165) is 11.3 Å². The molecule has 1 heterocycles. The van der Waals surface area contributed by atoms with E-state index in [1.54, 1.807) is 72.8 Å².